The zero-order valence-corrected chi connectivity index (χ0v) is 12.1. The van der Waals surface area contributed by atoms with Crippen LogP contribution in [0.25, 0.3) is 0 Å². The maximum atomic E-state index is 10.8. The lowest BCUT2D eigenvalue weighted by atomic mass is 10.3. The standard InChI is InChI=1S/C14H17N3O2S/c1-17(2)13-7-3-11(4-8-13)15-16-12-5-9-14(10-6-12)20(18)19/h3-10,15-16H,1-2H3,(H,18,19). The van der Waals surface area contributed by atoms with E-state index in [0.717, 1.165) is 17.1 Å². The summed E-state index contributed by atoms with van der Waals surface area (Å²) in [5, 5.41) is 0. The highest BCUT2D eigenvalue weighted by Gasteiger charge is 1.99. The molecule has 20 heavy (non-hydrogen) atoms. The molecule has 0 aliphatic heterocycles. The van der Waals surface area contributed by atoms with Crippen LogP contribution in [-0.4, -0.2) is 22.9 Å². The lowest BCUT2D eigenvalue weighted by Gasteiger charge is -2.14. The van der Waals surface area contributed by atoms with E-state index in [0.29, 0.717) is 4.90 Å². The Morgan fingerprint density at radius 3 is 1.75 bits per heavy atom. The molecule has 0 saturated carbocycles. The van der Waals surface area contributed by atoms with Crippen LogP contribution in [0.5, 0.6) is 0 Å². The minimum Gasteiger partial charge on any atom is -0.378 e. The molecule has 3 N–H and O–H groups in total. The lowest BCUT2D eigenvalue weighted by molar-refractivity contribution is 0.564. The van der Waals surface area contributed by atoms with E-state index in [4.69, 9.17) is 4.55 Å². The van der Waals surface area contributed by atoms with Crippen molar-refractivity contribution in [2.24, 2.45) is 0 Å². The minimum atomic E-state index is -1.94. The van der Waals surface area contributed by atoms with E-state index in [9.17, 15) is 4.21 Å². The Kier molecular flexibility index (Phi) is 4.60. The number of anilines is 3. The molecule has 2 aromatic carbocycles. The second-order valence-corrected chi connectivity index (χ2v) is 5.43. The van der Waals surface area contributed by atoms with E-state index in [2.05, 4.69) is 10.9 Å². The maximum absolute atomic E-state index is 10.8. The second-order valence-electron chi connectivity index (χ2n) is 4.46. The number of nitrogens with zero attached hydrogens (tertiary/aromatic N) is 1. The lowest BCUT2D eigenvalue weighted by Crippen LogP contribution is -2.10. The molecular weight excluding hydrogens is 274 g/mol. The molecule has 0 saturated heterocycles. The molecule has 6 heteroatoms. The van der Waals surface area contributed by atoms with Crippen molar-refractivity contribution in [2.45, 2.75) is 4.90 Å². The first-order valence-electron chi connectivity index (χ1n) is 6.06. The van der Waals surface area contributed by atoms with Crippen LogP contribution < -0.4 is 15.8 Å². The van der Waals surface area contributed by atoms with E-state index in [1.54, 1.807) is 24.3 Å². The fourth-order valence-corrected chi connectivity index (χ4v) is 2.01. The van der Waals surface area contributed by atoms with Gasteiger partial charge in [0.15, 0.2) is 11.1 Å². The van der Waals surface area contributed by atoms with Gasteiger partial charge in [-0.1, -0.05) is 0 Å². The van der Waals surface area contributed by atoms with Gasteiger partial charge in [0.25, 0.3) is 0 Å². The van der Waals surface area contributed by atoms with Crippen molar-refractivity contribution in [1.29, 1.82) is 0 Å². The number of benzene rings is 2. The Bertz CT molecular complexity index is 582. The van der Waals surface area contributed by atoms with Crippen molar-refractivity contribution in [1.82, 2.24) is 0 Å². The zero-order chi connectivity index (χ0) is 14.5. The fraction of sp³-hybridized carbons (Fsp3) is 0.143. The molecule has 1 unspecified atom stereocenters. The molecule has 0 bridgehead atoms. The molecule has 0 aromatic heterocycles. The minimum absolute atomic E-state index is 0.380. The predicted octanol–water partition coefficient (Wildman–Crippen LogP) is 2.77. The van der Waals surface area contributed by atoms with Gasteiger partial charge in [-0.25, -0.2) is 4.21 Å². The number of hydrogen-bond acceptors (Lipinski definition) is 4. The van der Waals surface area contributed by atoms with Crippen LogP contribution in [0.15, 0.2) is 53.4 Å². The monoisotopic (exact) mass is 291 g/mol. The Hall–Kier alpha value is -2.05. The molecule has 0 aliphatic rings. The zero-order valence-electron chi connectivity index (χ0n) is 11.3. The van der Waals surface area contributed by atoms with Gasteiger partial charge in [-0.3, -0.25) is 0 Å². The Balaban J connectivity index is 1.96. The van der Waals surface area contributed by atoms with Gasteiger partial charge in [-0.2, -0.15) is 0 Å². The van der Waals surface area contributed by atoms with Crippen molar-refractivity contribution in [3.63, 3.8) is 0 Å². The van der Waals surface area contributed by atoms with Crippen molar-refractivity contribution in [2.75, 3.05) is 29.8 Å². The molecule has 0 radical (unpaired) electrons. The SMILES string of the molecule is CN(C)c1ccc(NNc2ccc(S(=O)O)cc2)cc1. The summed E-state index contributed by atoms with van der Waals surface area (Å²) < 4.78 is 19.8. The third-order valence-corrected chi connectivity index (χ3v) is 3.47. The number of hydrogen-bond donors (Lipinski definition) is 3. The summed E-state index contributed by atoms with van der Waals surface area (Å²) >= 11 is -1.94. The molecule has 1 atom stereocenters. The van der Waals surface area contributed by atoms with Gasteiger partial charge >= 0.3 is 0 Å². The summed E-state index contributed by atoms with van der Waals surface area (Å²) in [6.07, 6.45) is 0. The first kappa shape index (κ1) is 14.4. The van der Waals surface area contributed by atoms with Crippen LogP contribution in [0.1, 0.15) is 0 Å². The first-order valence-corrected chi connectivity index (χ1v) is 7.17. The molecular formula is C14H17N3O2S. The number of hydrazine groups is 1. The highest BCUT2D eigenvalue weighted by Crippen LogP contribution is 2.17. The molecule has 106 valence electrons. The summed E-state index contributed by atoms with van der Waals surface area (Å²) in [5.74, 6) is 0. The molecule has 0 heterocycles. The second kappa shape index (κ2) is 6.40. The van der Waals surface area contributed by atoms with Gasteiger partial charge in [0.1, 0.15) is 0 Å². The van der Waals surface area contributed by atoms with Crippen LogP contribution in [0.3, 0.4) is 0 Å². The van der Waals surface area contributed by atoms with E-state index in [1.165, 1.54) is 0 Å². The van der Waals surface area contributed by atoms with E-state index < -0.39 is 11.1 Å². The molecule has 5 nitrogen and oxygen atoms in total. The molecule has 2 rings (SSSR count). The Labute approximate surface area is 120 Å². The summed E-state index contributed by atoms with van der Waals surface area (Å²) in [4.78, 5) is 2.41. The molecule has 0 fully saturated rings. The average Bonchev–Trinajstić information content (AvgIpc) is 2.46. The summed E-state index contributed by atoms with van der Waals surface area (Å²) in [6, 6.07) is 14.7. The summed E-state index contributed by atoms with van der Waals surface area (Å²) in [6.45, 7) is 0. The first-order chi connectivity index (χ1) is 9.56. The molecule has 2 aromatic rings. The third-order valence-electron chi connectivity index (χ3n) is 2.79. The highest BCUT2D eigenvalue weighted by atomic mass is 32.2. The van der Waals surface area contributed by atoms with Crippen LogP contribution in [0.4, 0.5) is 17.1 Å². The molecule has 0 spiro atoms. The van der Waals surface area contributed by atoms with Gasteiger partial charge in [0.2, 0.25) is 0 Å². The van der Waals surface area contributed by atoms with E-state index in [1.807, 2.05) is 43.3 Å². The third kappa shape index (κ3) is 3.72. The van der Waals surface area contributed by atoms with Gasteiger partial charge < -0.3 is 20.3 Å². The normalized spacial score (nSPS) is 11.8. The summed E-state index contributed by atoms with van der Waals surface area (Å²) in [5.41, 5.74) is 8.98. The van der Waals surface area contributed by atoms with Crippen LogP contribution in [0.2, 0.25) is 0 Å². The number of rotatable bonds is 5. The van der Waals surface area contributed by atoms with Crippen LogP contribution in [0, 0.1) is 0 Å². The van der Waals surface area contributed by atoms with E-state index in [-0.39, 0.29) is 0 Å². The summed E-state index contributed by atoms with van der Waals surface area (Å²) in [7, 11) is 3.99. The van der Waals surface area contributed by atoms with Crippen molar-refractivity contribution < 1.29 is 8.76 Å². The Morgan fingerprint density at radius 2 is 1.35 bits per heavy atom. The Morgan fingerprint density at radius 1 is 0.900 bits per heavy atom. The largest absolute Gasteiger partial charge is 0.378 e. The van der Waals surface area contributed by atoms with Crippen molar-refractivity contribution in [3.05, 3.63) is 48.5 Å². The van der Waals surface area contributed by atoms with Crippen molar-refractivity contribution in [3.8, 4) is 0 Å². The van der Waals surface area contributed by atoms with Crippen molar-refractivity contribution >= 4 is 28.1 Å². The topological polar surface area (TPSA) is 64.6 Å². The quantitative estimate of drug-likeness (QED) is 0.584. The average molecular weight is 291 g/mol. The van der Waals surface area contributed by atoms with Gasteiger partial charge in [-0.15, -0.1) is 0 Å². The highest BCUT2D eigenvalue weighted by molar-refractivity contribution is 7.79. The fourth-order valence-electron chi connectivity index (χ4n) is 1.64. The predicted molar refractivity (Wildman–Crippen MR) is 83.5 cm³/mol. The van der Waals surface area contributed by atoms with Gasteiger partial charge in [0, 0.05) is 19.8 Å². The number of nitrogens with one attached hydrogen (secondary N) is 2. The maximum Gasteiger partial charge on any atom is 0.186 e. The molecule has 0 amide bonds. The smallest absolute Gasteiger partial charge is 0.186 e. The van der Waals surface area contributed by atoms with Gasteiger partial charge in [0.05, 0.1) is 16.3 Å². The van der Waals surface area contributed by atoms with Crippen LogP contribution in [-0.2, 0) is 11.1 Å². The van der Waals surface area contributed by atoms with Gasteiger partial charge in [-0.05, 0) is 48.5 Å². The van der Waals surface area contributed by atoms with E-state index >= 15 is 0 Å². The molecule has 0 aliphatic carbocycles. The van der Waals surface area contributed by atoms with Crippen LogP contribution >= 0.6 is 0 Å².